The van der Waals surface area contributed by atoms with E-state index < -0.39 is 27.8 Å². The maximum Gasteiger partial charge on any atom is 0.329 e. The van der Waals surface area contributed by atoms with Gasteiger partial charge in [-0.25, -0.2) is 13.2 Å². The maximum atomic E-state index is 12.5. The second-order valence-corrected chi connectivity index (χ2v) is 8.45. The van der Waals surface area contributed by atoms with Crippen LogP contribution in [0, 0.1) is 11.3 Å². The van der Waals surface area contributed by atoms with Crippen LogP contribution in [0.1, 0.15) is 27.9 Å². The largest absolute Gasteiger partial charge is 0.459 e. The number of nitrogens with one attached hydrogen (secondary N) is 1. The number of benzene rings is 2. The van der Waals surface area contributed by atoms with Gasteiger partial charge in [-0.1, -0.05) is 36.4 Å². The molecule has 0 spiro atoms. The van der Waals surface area contributed by atoms with Crippen molar-refractivity contribution in [3.8, 4) is 6.07 Å². The molecule has 0 saturated carbocycles. The van der Waals surface area contributed by atoms with E-state index >= 15 is 0 Å². The molecule has 0 saturated heterocycles. The molecule has 2 aromatic carbocycles. The molecule has 1 N–H and O–H groups in total. The number of esters is 1. The Morgan fingerprint density at radius 1 is 1.11 bits per heavy atom. The number of hydrogen-bond acceptors (Lipinski definition) is 6. The predicted molar refractivity (Wildman–Crippen MR) is 103 cm³/mol. The average molecular weight is 400 g/mol. The Morgan fingerprint density at radius 3 is 2.39 bits per heavy atom. The standard InChI is InChI=1S/C20H20N2O5S/c1-28(25,26)12-11-18(22-19(23)15-7-3-2-4-8-15)20(24)27-14-17-10-6-5-9-16(17)13-21/h2-10,18H,11-12,14H2,1H3,(H,22,23)/t18-/m1/s1. The van der Waals surface area contributed by atoms with Crippen LogP contribution in [0.2, 0.25) is 0 Å². The second-order valence-electron chi connectivity index (χ2n) is 6.19. The van der Waals surface area contributed by atoms with E-state index in [1.54, 1.807) is 54.6 Å². The van der Waals surface area contributed by atoms with Crippen LogP contribution in [0.25, 0.3) is 0 Å². The summed E-state index contributed by atoms with van der Waals surface area (Å²) in [6.07, 6.45) is 0.938. The van der Waals surface area contributed by atoms with Crippen molar-refractivity contribution in [1.82, 2.24) is 5.32 Å². The van der Waals surface area contributed by atoms with E-state index in [4.69, 9.17) is 10.00 Å². The predicted octanol–water partition coefficient (Wildman–Crippen LogP) is 1.83. The van der Waals surface area contributed by atoms with Gasteiger partial charge >= 0.3 is 5.97 Å². The maximum absolute atomic E-state index is 12.5. The number of carbonyl (C=O) groups excluding carboxylic acids is 2. The molecule has 0 unspecified atom stereocenters. The van der Waals surface area contributed by atoms with Gasteiger partial charge in [0.1, 0.15) is 22.5 Å². The van der Waals surface area contributed by atoms with Crippen molar-refractivity contribution in [2.45, 2.75) is 19.1 Å². The van der Waals surface area contributed by atoms with Crippen LogP contribution in [0.4, 0.5) is 0 Å². The number of carbonyl (C=O) groups is 2. The molecule has 0 heterocycles. The highest BCUT2D eigenvalue weighted by Gasteiger charge is 2.24. The molecule has 146 valence electrons. The molecule has 1 atom stereocenters. The number of rotatable bonds is 8. The lowest BCUT2D eigenvalue weighted by molar-refractivity contribution is -0.147. The van der Waals surface area contributed by atoms with Crippen LogP contribution < -0.4 is 5.32 Å². The monoisotopic (exact) mass is 400 g/mol. The lowest BCUT2D eigenvalue weighted by atomic mass is 10.1. The molecule has 8 heteroatoms. The molecule has 7 nitrogen and oxygen atoms in total. The van der Waals surface area contributed by atoms with Crippen molar-refractivity contribution in [2.24, 2.45) is 0 Å². The Kier molecular flexibility index (Phi) is 7.29. The zero-order chi connectivity index (χ0) is 20.6. The minimum absolute atomic E-state index is 0.115. The van der Waals surface area contributed by atoms with Gasteiger partial charge in [0.25, 0.3) is 5.91 Å². The fourth-order valence-electron chi connectivity index (χ4n) is 2.42. The highest BCUT2D eigenvalue weighted by atomic mass is 32.2. The lowest BCUT2D eigenvalue weighted by Gasteiger charge is -2.18. The molecule has 1 amide bonds. The van der Waals surface area contributed by atoms with Crippen molar-refractivity contribution in [3.05, 3.63) is 71.3 Å². The quantitative estimate of drug-likeness (QED) is 0.677. The van der Waals surface area contributed by atoms with Crippen molar-refractivity contribution in [3.63, 3.8) is 0 Å². The smallest absolute Gasteiger partial charge is 0.329 e. The molecular formula is C20H20N2O5S. The third-order valence-electron chi connectivity index (χ3n) is 3.91. The summed E-state index contributed by atoms with van der Waals surface area (Å²) in [7, 11) is -3.33. The minimum atomic E-state index is -3.33. The third-order valence-corrected chi connectivity index (χ3v) is 4.89. The van der Waals surface area contributed by atoms with E-state index in [9.17, 15) is 18.0 Å². The number of sulfone groups is 1. The Bertz CT molecular complexity index is 981. The van der Waals surface area contributed by atoms with E-state index in [0.29, 0.717) is 16.7 Å². The number of nitrogens with zero attached hydrogens (tertiary/aromatic N) is 1. The highest BCUT2D eigenvalue weighted by molar-refractivity contribution is 7.90. The lowest BCUT2D eigenvalue weighted by Crippen LogP contribution is -2.43. The highest BCUT2D eigenvalue weighted by Crippen LogP contribution is 2.10. The molecular weight excluding hydrogens is 380 g/mol. The molecule has 2 rings (SSSR count). The number of hydrogen-bond donors (Lipinski definition) is 1. The first-order chi connectivity index (χ1) is 13.3. The topological polar surface area (TPSA) is 113 Å². The average Bonchev–Trinajstić information content (AvgIpc) is 2.69. The normalized spacial score (nSPS) is 11.9. The molecule has 2 aromatic rings. The first kappa shape index (κ1) is 21.1. The fraction of sp³-hybridized carbons (Fsp3) is 0.250. The van der Waals surface area contributed by atoms with Crippen LogP contribution in [0.3, 0.4) is 0 Å². The zero-order valence-corrected chi connectivity index (χ0v) is 16.1. The summed E-state index contributed by atoms with van der Waals surface area (Å²) in [6, 6.07) is 15.8. The van der Waals surface area contributed by atoms with Gasteiger partial charge in [-0.3, -0.25) is 4.79 Å². The van der Waals surface area contributed by atoms with E-state index in [-0.39, 0.29) is 18.8 Å². The van der Waals surface area contributed by atoms with Gasteiger partial charge in [0, 0.05) is 17.4 Å². The zero-order valence-electron chi connectivity index (χ0n) is 15.3. The fourth-order valence-corrected chi connectivity index (χ4v) is 3.08. The molecule has 0 aliphatic carbocycles. The third kappa shape index (κ3) is 6.52. The molecule has 0 radical (unpaired) electrons. The second kappa shape index (κ2) is 9.67. The first-order valence-electron chi connectivity index (χ1n) is 8.48. The molecule has 0 fully saturated rings. The summed E-state index contributed by atoms with van der Waals surface area (Å²) in [5.74, 6) is -1.55. The van der Waals surface area contributed by atoms with Crippen molar-refractivity contribution < 1.29 is 22.7 Å². The summed E-state index contributed by atoms with van der Waals surface area (Å²) in [5.41, 5.74) is 1.24. The number of amides is 1. The van der Waals surface area contributed by atoms with Crippen LogP contribution in [-0.4, -0.2) is 38.3 Å². The van der Waals surface area contributed by atoms with Crippen molar-refractivity contribution in [2.75, 3.05) is 12.0 Å². The van der Waals surface area contributed by atoms with Gasteiger partial charge < -0.3 is 10.1 Å². The Labute approximate surface area is 163 Å². The Hall–Kier alpha value is -3.18. The minimum Gasteiger partial charge on any atom is -0.459 e. The van der Waals surface area contributed by atoms with E-state index in [1.165, 1.54) is 0 Å². The molecule has 0 aliphatic heterocycles. The molecule has 0 aliphatic rings. The SMILES string of the molecule is CS(=O)(=O)CC[C@@H](NC(=O)c1ccccc1)C(=O)OCc1ccccc1C#N. The summed E-state index contributed by atoms with van der Waals surface area (Å²) in [4.78, 5) is 24.8. The van der Waals surface area contributed by atoms with Crippen LogP contribution in [0.15, 0.2) is 54.6 Å². The van der Waals surface area contributed by atoms with E-state index in [1.807, 2.05) is 6.07 Å². The van der Waals surface area contributed by atoms with Crippen molar-refractivity contribution in [1.29, 1.82) is 5.26 Å². The first-order valence-corrected chi connectivity index (χ1v) is 10.5. The summed E-state index contributed by atoms with van der Waals surface area (Å²) >= 11 is 0. The van der Waals surface area contributed by atoms with E-state index in [2.05, 4.69) is 5.32 Å². The van der Waals surface area contributed by atoms with Gasteiger partial charge in [-0.2, -0.15) is 5.26 Å². The van der Waals surface area contributed by atoms with E-state index in [0.717, 1.165) is 6.26 Å². The summed E-state index contributed by atoms with van der Waals surface area (Å²) in [6.45, 7) is -0.154. The Balaban J connectivity index is 2.10. The van der Waals surface area contributed by atoms with Gasteiger partial charge in [0.2, 0.25) is 0 Å². The molecule has 0 bridgehead atoms. The van der Waals surface area contributed by atoms with Gasteiger partial charge in [-0.15, -0.1) is 0 Å². The van der Waals surface area contributed by atoms with Crippen LogP contribution >= 0.6 is 0 Å². The number of ether oxygens (including phenoxy) is 1. The Morgan fingerprint density at radius 2 is 1.75 bits per heavy atom. The van der Waals surface area contributed by atoms with Crippen molar-refractivity contribution >= 4 is 21.7 Å². The van der Waals surface area contributed by atoms with Crippen LogP contribution in [0.5, 0.6) is 0 Å². The molecule has 28 heavy (non-hydrogen) atoms. The van der Waals surface area contributed by atoms with Gasteiger partial charge in [-0.05, 0) is 24.6 Å². The summed E-state index contributed by atoms with van der Waals surface area (Å²) in [5, 5.41) is 11.6. The number of nitriles is 1. The van der Waals surface area contributed by atoms with Gasteiger partial charge in [0.05, 0.1) is 17.4 Å². The van der Waals surface area contributed by atoms with Gasteiger partial charge in [0.15, 0.2) is 0 Å². The van der Waals surface area contributed by atoms with Crippen LogP contribution in [-0.2, 0) is 26.0 Å². The summed E-state index contributed by atoms with van der Waals surface area (Å²) < 4.78 is 28.2. The molecule has 0 aromatic heterocycles.